The molecule has 0 saturated heterocycles. The number of rotatable bonds is 10. The Kier molecular flexibility index (Phi) is 9.89. The van der Waals surface area contributed by atoms with Crippen LogP contribution in [0.3, 0.4) is 0 Å². The molecule has 8 heteroatoms. The first kappa shape index (κ1) is 34.3. The van der Waals surface area contributed by atoms with Crippen LogP contribution >= 0.6 is 0 Å². The highest BCUT2D eigenvalue weighted by atomic mass is 19.1. The molecule has 0 bridgehead atoms. The molecule has 0 spiro atoms. The van der Waals surface area contributed by atoms with Gasteiger partial charge in [-0.05, 0) is 84.6 Å². The number of nitrogens with zero attached hydrogens (tertiary/aromatic N) is 3. The molecule has 2 amide bonds. The van der Waals surface area contributed by atoms with E-state index in [4.69, 9.17) is 9.47 Å². The summed E-state index contributed by atoms with van der Waals surface area (Å²) in [6.45, 7) is 3.57. The summed E-state index contributed by atoms with van der Waals surface area (Å²) in [4.78, 5) is 32.3. The van der Waals surface area contributed by atoms with E-state index in [9.17, 15) is 14.0 Å². The number of carbonyl (C=O) groups excluding carboxylic acids is 2. The molecule has 7 nitrogen and oxygen atoms in total. The molecule has 2 heterocycles. The van der Waals surface area contributed by atoms with E-state index in [1.54, 1.807) is 24.1 Å². The van der Waals surface area contributed by atoms with Crippen molar-refractivity contribution in [2.24, 2.45) is 7.05 Å². The minimum absolute atomic E-state index is 0.177. The van der Waals surface area contributed by atoms with Crippen molar-refractivity contribution in [2.45, 2.75) is 33.0 Å². The lowest BCUT2D eigenvalue weighted by Gasteiger charge is -2.29. The second kappa shape index (κ2) is 15.0. The maximum atomic E-state index is 14.9. The minimum atomic E-state index is -0.463. The summed E-state index contributed by atoms with van der Waals surface area (Å²) in [7, 11) is 3.44. The van der Waals surface area contributed by atoms with E-state index in [-0.39, 0.29) is 18.4 Å². The molecule has 1 aliphatic heterocycles. The number of methoxy groups -OCH3 is 1. The second-order valence-corrected chi connectivity index (χ2v) is 13.0. The van der Waals surface area contributed by atoms with E-state index in [0.717, 1.165) is 23.1 Å². The minimum Gasteiger partial charge on any atom is -0.496 e. The number of carbonyl (C=O) groups is 2. The molecule has 0 radical (unpaired) electrons. The maximum absolute atomic E-state index is 14.9. The van der Waals surface area contributed by atoms with Gasteiger partial charge in [0.15, 0.2) is 0 Å². The summed E-state index contributed by atoms with van der Waals surface area (Å²) >= 11 is 0. The smallest absolute Gasteiger partial charge is 0.260 e. The lowest BCUT2D eigenvalue weighted by atomic mass is 9.97. The Bertz CT molecular complexity index is 2230. The van der Waals surface area contributed by atoms with Crippen LogP contribution in [0, 0.1) is 12.7 Å². The predicted molar refractivity (Wildman–Crippen MR) is 201 cm³/mol. The predicted octanol–water partition coefficient (Wildman–Crippen LogP) is 8.77. The fraction of sp³-hybridized carbons (Fsp3) is 0.182. The third kappa shape index (κ3) is 7.05. The van der Waals surface area contributed by atoms with E-state index >= 15 is 0 Å². The summed E-state index contributed by atoms with van der Waals surface area (Å²) in [5.41, 5.74) is 7.41. The van der Waals surface area contributed by atoms with Gasteiger partial charge in [0.25, 0.3) is 11.8 Å². The number of anilines is 1. The average molecular weight is 694 g/mol. The topological polar surface area (TPSA) is 64.0 Å². The van der Waals surface area contributed by atoms with Crippen molar-refractivity contribution in [2.75, 3.05) is 18.6 Å². The van der Waals surface area contributed by atoms with Crippen molar-refractivity contribution in [3.8, 4) is 22.8 Å². The van der Waals surface area contributed by atoms with Gasteiger partial charge in [-0.2, -0.15) is 0 Å². The molecule has 5 aromatic carbocycles. The van der Waals surface area contributed by atoms with Crippen LogP contribution in [0.4, 0.5) is 10.1 Å². The maximum Gasteiger partial charge on any atom is 0.260 e. The van der Waals surface area contributed by atoms with Gasteiger partial charge >= 0.3 is 0 Å². The second-order valence-electron chi connectivity index (χ2n) is 13.0. The third-order valence-corrected chi connectivity index (χ3v) is 9.83. The van der Waals surface area contributed by atoms with Crippen molar-refractivity contribution in [3.63, 3.8) is 0 Å². The molecule has 0 unspecified atom stereocenters. The number of amides is 2. The molecule has 0 N–H and O–H groups in total. The van der Waals surface area contributed by atoms with Gasteiger partial charge in [0, 0.05) is 53.9 Å². The molecule has 1 aromatic heterocycles. The number of para-hydroxylation sites is 1. The lowest BCUT2D eigenvalue weighted by Crippen LogP contribution is -2.36. The first-order chi connectivity index (χ1) is 25.3. The van der Waals surface area contributed by atoms with Crippen molar-refractivity contribution >= 4 is 17.5 Å². The van der Waals surface area contributed by atoms with Crippen LogP contribution in [0.5, 0.6) is 11.5 Å². The van der Waals surface area contributed by atoms with E-state index in [2.05, 4.69) is 6.07 Å². The van der Waals surface area contributed by atoms with Gasteiger partial charge in [-0.15, -0.1) is 0 Å². The molecule has 262 valence electrons. The number of fused-ring (bicyclic) bond motifs is 1. The highest BCUT2D eigenvalue weighted by molar-refractivity contribution is 6.08. The van der Waals surface area contributed by atoms with Gasteiger partial charge < -0.3 is 23.8 Å². The van der Waals surface area contributed by atoms with Gasteiger partial charge in [0.2, 0.25) is 0 Å². The molecule has 52 heavy (non-hydrogen) atoms. The zero-order valence-electron chi connectivity index (χ0n) is 29.5. The standard InChI is InChI=1S/C44H40FN3O4/c1-30-39(26-41(46(30)2)40-25-35(45)17-22-38(40)43(49)47-24-23-32-13-7-8-14-33(32)27-47)44(50)48(28-34-15-9-10-16-42(34)51-3)36-18-20-37(21-19-36)52-29-31-11-5-4-6-12-31/h4-22,25-26H,23-24,27-29H2,1-3H3. The SMILES string of the molecule is COc1ccccc1CN(C(=O)c1cc(-c2cc(F)ccc2C(=O)N2CCc3ccccc3C2)n(C)c1C)c1ccc(OCc2ccccc2)cc1. The summed E-state index contributed by atoms with van der Waals surface area (Å²) in [5.74, 6) is 0.450. The quantitative estimate of drug-likeness (QED) is 0.144. The van der Waals surface area contributed by atoms with Crippen molar-refractivity contribution in [1.29, 1.82) is 0 Å². The Morgan fingerprint density at radius 3 is 2.29 bits per heavy atom. The number of hydrogen-bond donors (Lipinski definition) is 0. The van der Waals surface area contributed by atoms with Crippen molar-refractivity contribution in [1.82, 2.24) is 9.47 Å². The van der Waals surface area contributed by atoms with Crippen LogP contribution in [0.2, 0.25) is 0 Å². The van der Waals surface area contributed by atoms with Crippen LogP contribution in [0.15, 0.2) is 127 Å². The van der Waals surface area contributed by atoms with E-state index in [0.29, 0.717) is 65.0 Å². The first-order valence-corrected chi connectivity index (χ1v) is 17.3. The molecule has 1 aliphatic rings. The fourth-order valence-corrected chi connectivity index (χ4v) is 6.82. The Hall–Kier alpha value is -6.15. The Morgan fingerprint density at radius 1 is 0.808 bits per heavy atom. The van der Waals surface area contributed by atoms with Gasteiger partial charge in [-0.1, -0.05) is 72.8 Å². The van der Waals surface area contributed by atoms with Gasteiger partial charge in [0.05, 0.1) is 19.2 Å². The molecular weight excluding hydrogens is 653 g/mol. The van der Waals surface area contributed by atoms with Crippen LogP contribution < -0.4 is 14.4 Å². The van der Waals surface area contributed by atoms with Crippen molar-refractivity contribution in [3.05, 3.63) is 172 Å². The monoisotopic (exact) mass is 693 g/mol. The molecule has 0 aliphatic carbocycles. The Labute approximate surface area is 303 Å². The van der Waals surface area contributed by atoms with Crippen LogP contribution in [0.25, 0.3) is 11.3 Å². The highest BCUT2D eigenvalue weighted by Crippen LogP contribution is 2.33. The lowest BCUT2D eigenvalue weighted by molar-refractivity contribution is 0.0735. The van der Waals surface area contributed by atoms with Gasteiger partial charge in [-0.3, -0.25) is 9.59 Å². The van der Waals surface area contributed by atoms with E-state index in [1.807, 2.05) is 121 Å². The molecular formula is C44H40FN3O4. The van der Waals surface area contributed by atoms with Crippen LogP contribution in [-0.2, 0) is 33.2 Å². The largest absolute Gasteiger partial charge is 0.496 e. The fourth-order valence-electron chi connectivity index (χ4n) is 6.82. The zero-order valence-corrected chi connectivity index (χ0v) is 29.5. The number of hydrogen-bond acceptors (Lipinski definition) is 4. The molecule has 7 rings (SSSR count). The summed E-state index contributed by atoms with van der Waals surface area (Å²) < 4.78 is 28.5. The zero-order chi connectivity index (χ0) is 36.2. The van der Waals surface area contributed by atoms with Crippen molar-refractivity contribution < 1.29 is 23.5 Å². The van der Waals surface area contributed by atoms with Crippen LogP contribution in [-0.4, -0.2) is 34.9 Å². The van der Waals surface area contributed by atoms with E-state index in [1.165, 1.54) is 17.7 Å². The average Bonchev–Trinajstić information content (AvgIpc) is 3.49. The molecule has 0 saturated carbocycles. The normalized spacial score (nSPS) is 12.3. The van der Waals surface area contributed by atoms with Gasteiger partial charge in [-0.25, -0.2) is 4.39 Å². The Balaban J connectivity index is 1.22. The summed E-state index contributed by atoms with van der Waals surface area (Å²) in [6, 6.07) is 39.1. The molecule has 0 atom stereocenters. The highest BCUT2D eigenvalue weighted by Gasteiger charge is 2.28. The van der Waals surface area contributed by atoms with Crippen LogP contribution in [0.1, 0.15) is 48.7 Å². The summed E-state index contributed by atoms with van der Waals surface area (Å²) in [6.07, 6.45) is 0.752. The molecule has 6 aromatic rings. The summed E-state index contributed by atoms with van der Waals surface area (Å²) in [5, 5.41) is 0. The molecule has 0 fully saturated rings. The number of benzene rings is 5. The number of ether oxygens (including phenoxy) is 2. The number of aromatic nitrogens is 1. The third-order valence-electron chi connectivity index (χ3n) is 9.83. The number of halogens is 1. The van der Waals surface area contributed by atoms with E-state index < -0.39 is 5.82 Å². The Morgan fingerprint density at radius 2 is 1.52 bits per heavy atom. The first-order valence-electron chi connectivity index (χ1n) is 17.3. The van der Waals surface area contributed by atoms with Gasteiger partial charge in [0.1, 0.15) is 23.9 Å².